The Morgan fingerprint density at radius 1 is 1.07 bits per heavy atom. The SMILES string of the molecule is CC.CC.CC/C=C/C(CC)OC(=O)Nc1nc2ccccc2c2c1nc(COCC)n2CC(C)(C)O.CCC. The van der Waals surface area contributed by atoms with Crippen LogP contribution in [0.5, 0.6) is 0 Å². The molecule has 8 heteroatoms. The predicted octanol–water partition coefficient (Wildman–Crippen LogP) is 8.65. The summed E-state index contributed by atoms with van der Waals surface area (Å²) in [4.78, 5) is 22.1. The van der Waals surface area contributed by atoms with Crippen molar-refractivity contribution in [2.24, 2.45) is 0 Å². The standard InChI is InChI=1S/C25H34N4O4.C3H8.2C2H6/c1-6-9-12-17(7-2)33-24(30)28-23-21-22(18-13-10-11-14-19(18)26-23)29(16-25(4,5)31)20(27-21)15-32-8-3;1-3-2;2*1-2/h9-14,17,31H,6-8,15-16H2,1-5H3,(H,26,28,30);3H2,1-2H3;2*1-2H3/b12-9+;;;. The number of benzene rings is 1. The summed E-state index contributed by atoms with van der Waals surface area (Å²) < 4.78 is 13.2. The van der Waals surface area contributed by atoms with Crippen LogP contribution in [0.1, 0.15) is 101 Å². The van der Waals surface area contributed by atoms with Gasteiger partial charge in [0.25, 0.3) is 0 Å². The first kappa shape index (κ1) is 37.0. The Morgan fingerprint density at radius 2 is 1.70 bits per heavy atom. The highest BCUT2D eigenvalue weighted by molar-refractivity contribution is 6.09. The number of para-hydroxylation sites is 1. The van der Waals surface area contributed by atoms with Gasteiger partial charge in [0.1, 0.15) is 24.1 Å². The first-order valence-corrected chi connectivity index (χ1v) is 14.9. The molecule has 3 aromatic rings. The largest absolute Gasteiger partial charge is 0.442 e. The first-order chi connectivity index (χ1) is 19.2. The van der Waals surface area contributed by atoms with Crippen LogP contribution in [0, 0.1) is 0 Å². The molecule has 1 aromatic carbocycles. The second-order valence-electron chi connectivity index (χ2n) is 9.26. The maximum atomic E-state index is 12.7. The van der Waals surface area contributed by atoms with Crippen molar-refractivity contribution in [2.75, 3.05) is 11.9 Å². The third kappa shape index (κ3) is 11.6. The fourth-order valence-corrected chi connectivity index (χ4v) is 3.64. The quantitative estimate of drug-likeness (QED) is 0.242. The number of aliphatic hydroxyl groups is 1. The summed E-state index contributed by atoms with van der Waals surface area (Å²) in [5.41, 5.74) is 1.04. The zero-order valence-electron chi connectivity index (χ0n) is 26.8. The molecule has 1 atom stereocenters. The van der Waals surface area contributed by atoms with Gasteiger partial charge in [-0.3, -0.25) is 5.32 Å². The van der Waals surface area contributed by atoms with Gasteiger partial charge in [0.15, 0.2) is 5.82 Å². The number of nitrogens with one attached hydrogen (secondary N) is 1. The molecular formula is C32H54N4O4. The van der Waals surface area contributed by atoms with Gasteiger partial charge in [-0.2, -0.15) is 0 Å². The molecule has 2 N–H and O–H groups in total. The number of aromatic nitrogens is 3. The number of carbonyl (C=O) groups excluding carboxylic acids is 1. The van der Waals surface area contributed by atoms with Crippen molar-refractivity contribution in [3.8, 4) is 0 Å². The smallest absolute Gasteiger partial charge is 0.413 e. The molecule has 0 radical (unpaired) electrons. The summed E-state index contributed by atoms with van der Waals surface area (Å²) in [7, 11) is 0. The fraction of sp³-hybridized carbons (Fsp3) is 0.594. The summed E-state index contributed by atoms with van der Waals surface area (Å²) in [6.07, 6.45) is 5.75. The van der Waals surface area contributed by atoms with Gasteiger partial charge in [0.05, 0.1) is 23.2 Å². The van der Waals surface area contributed by atoms with Gasteiger partial charge in [0.2, 0.25) is 0 Å². The van der Waals surface area contributed by atoms with E-state index in [9.17, 15) is 9.90 Å². The molecule has 0 spiro atoms. The topological polar surface area (TPSA) is 98.5 Å². The Bertz CT molecular complexity index is 1150. The van der Waals surface area contributed by atoms with Gasteiger partial charge < -0.3 is 19.1 Å². The number of fused-ring (bicyclic) bond motifs is 3. The van der Waals surface area contributed by atoms with E-state index >= 15 is 0 Å². The number of hydrogen-bond donors (Lipinski definition) is 2. The molecule has 8 nitrogen and oxygen atoms in total. The third-order valence-corrected chi connectivity index (χ3v) is 5.11. The molecule has 1 unspecified atom stereocenters. The highest BCUT2D eigenvalue weighted by Gasteiger charge is 2.24. The van der Waals surface area contributed by atoms with Crippen molar-refractivity contribution >= 4 is 33.8 Å². The summed E-state index contributed by atoms with van der Waals surface area (Å²) >= 11 is 0. The van der Waals surface area contributed by atoms with E-state index in [1.54, 1.807) is 13.8 Å². The second-order valence-corrected chi connectivity index (χ2v) is 9.26. The molecule has 0 aliphatic rings. The lowest BCUT2D eigenvalue weighted by Crippen LogP contribution is -2.27. The average molecular weight is 559 g/mol. The van der Waals surface area contributed by atoms with Gasteiger partial charge in [-0.1, -0.05) is 86.1 Å². The van der Waals surface area contributed by atoms with Gasteiger partial charge in [0, 0.05) is 12.0 Å². The highest BCUT2D eigenvalue weighted by Crippen LogP contribution is 2.31. The van der Waals surface area contributed by atoms with E-state index in [0.717, 1.165) is 17.3 Å². The molecule has 0 aliphatic heterocycles. The van der Waals surface area contributed by atoms with E-state index in [1.807, 2.05) is 89.5 Å². The summed E-state index contributed by atoms with van der Waals surface area (Å²) in [5.74, 6) is 0.969. The Labute approximate surface area is 242 Å². The lowest BCUT2D eigenvalue weighted by molar-refractivity contribution is 0.0582. The second kappa shape index (κ2) is 20.0. The van der Waals surface area contributed by atoms with Crippen molar-refractivity contribution in [1.82, 2.24) is 14.5 Å². The van der Waals surface area contributed by atoms with E-state index in [2.05, 4.69) is 24.1 Å². The van der Waals surface area contributed by atoms with Gasteiger partial charge in [-0.25, -0.2) is 14.8 Å². The summed E-state index contributed by atoms with van der Waals surface area (Å²) in [6.45, 7) is 22.8. The zero-order chi connectivity index (χ0) is 30.7. The Balaban J connectivity index is 0.00000199. The number of hydrogen-bond acceptors (Lipinski definition) is 6. The molecule has 226 valence electrons. The number of rotatable bonds is 10. The van der Waals surface area contributed by atoms with Crippen LogP contribution in [0.4, 0.5) is 10.6 Å². The van der Waals surface area contributed by atoms with Crippen molar-refractivity contribution in [1.29, 1.82) is 0 Å². The molecule has 0 saturated heterocycles. The molecule has 2 heterocycles. The van der Waals surface area contributed by atoms with Crippen LogP contribution < -0.4 is 5.32 Å². The highest BCUT2D eigenvalue weighted by atomic mass is 16.6. The molecule has 0 fully saturated rings. The van der Waals surface area contributed by atoms with Gasteiger partial charge in [-0.15, -0.1) is 0 Å². The Hall–Kier alpha value is -2.97. The molecule has 3 rings (SSSR count). The normalized spacial score (nSPS) is 11.6. The van der Waals surface area contributed by atoms with Crippen LogP contribution in [0.15, 0.2) is 36.4 Å². The molecular weight excluding hydrogens is 504 g/mol. The van der Waals surface area contributed by atoms with Crippen LogP contribution >= 0.6 is 0 Å². The van der Waals surface area contributed by atoms with Crippen LogP contribution in [0.2, 0.25) is 0 Å². The zero-order valence-corrected chi connectivity index (χ0v) is 26.8. The maximum absolute atomic E-state index is 12.7. The molecule has 0 aliphatic carbocycles. The minimum atomic E-state index is -0.981. The predicted molar refractivity (Wildman–Crippen MR) is 169 cm³/mol. The number of pyridine rings is 1. The monoisotopic (exact) mass is 558 g/mol. The van der Waals surface area contributed by atoms with E-state index in [0.29, 0.717) is 42.2 Å². The number of anilines is 1. The van der Waals surface area contributed by atoms with E-state index < -0.39 is 11.7 Å². The van der Waals surface area contributed by atoms with Crippen molar-refractivity contribution in [3.63, 3.8) is 0 Å². The van der Waals surface area contributed by atoms with Crippen LogP contribution in [0.25, 0.3) is 21.9 Å². The fourth-order valence-electron chi connectivity index (χ4n) is 3.64. The molecule has 40 heavy (non-hydrogen) atoms. The Morgan fingerprint density at radius 3 is 2.25 bits per heavy atom. The lowest BCUT2D eigenvalue weighted by Gasteiger charge is -2.21. The van der Waals surface area contributed by atoms with E-state index in [1.165, 1.54) is 6.42 Å². The van der Waals surface area contributed by atoms with Crippen LogP contribution in [0.3, 0.4) is 0 Å². The number of imidazole rings is 1. The van der Waals surface area contributed by atoms with Gasteiger partial charge in [-0.05, 0) is 45.8 Å². The molecule has 0 saturated carbocycles. The van der Waals surface area contributed by atoms with Gasteiger partial charge >= 0.3 is 6.09 Å². The van der Waals surface area contributed by atoms with Crippen molar-refractivity contribution < 1.29 is 19.4 Å². The van der Waals surface area contributed by atoms with Crippen LogP contribution in [-0.4, -0.2) is 44.0 Å². The summed E-state index contributed by atoms with van der Waals surface area (Å²) in [6, 6.07) is 7.67. The minimum absolute atomic E-state index is 0.277. The maximum Gasteiger partial charge on any atom is 0.413 e. The number of amides is 1. The van der Waals surface area contributed by atoms with Crippen molar-refractivity contribution in [2.45, 2.75) is 120 Å². The number of nitrogens with zero attached hydrogens (tertiary/aromatic N) is 3. The lowest BCUT2D eigenvalue weighted by atomic mass is 10.1. The summed E-state index contributed by atoms with van der Waals surface area (Å²) in [5, 5.41) is 14.3. The average Bonchev–Trinajstić information content (AvgIpc) is 3.29. The van der Waals surface area contributed by atoms with E-state index in [4.69, 9.17) is 14.5 Å². The molecule has 2 aromatic heterocycles. The van der Waals surface area contributed by atoms with Crippen LogP contribution in [-0.2, 0) is 22.6 Å². The number of carbonyl (C=O) groups is 1. The Kier molecular flexibility index (Phi) is 18.5. The molecule has 0 bridgehead atoms. The number of ether oxygens (including phenoxy) is 2. The first-order valence-electron chi connectivity index (χ1n) is 14.9. The number of allylic oxidation sites excluding steroid dienone is 1. The molecule has 1 amide bonds. The third-order valence-electron chi connectivity index (χ3n) is 5.11. The minimum Gasteiger partial charge on any atom is -0.442 e. The van der Waals surface area contributed by atoms with E-state index in [-0.39, 0.29) is 12.7 Å². The van der Waals surface area contributed by atoms with Crippen molar-refractivity contribution in [3.05, 3.63) is 42.2 Å².